The Kier molecular flexibility index (Phi) is 4.27. The summed E-state index contributed by atoms with van der Waals surface area (Å²) in [5.41, 5.74) is 2.72. The van der Waals surface area contributed by atoms with E-state index in [1.54, 1.807) is 0 Å². The molecule has 0 unspecified atom stereocenters. The molecule has 1 aromatic rings. The molecule has 0 amide bonds. The van der Waals surface area contributed by atoms with Gasteiger partial charge in [0.15, 0.2) is 0 Å². The van der Waals surface area contributed by atoms with Gasteiger partial charge in [-0.15, -0.1) is 23.5 Å². The summed E-state index contributed by atoms with van der Waals surface area (Å²) < 4.78 is 0. The van der Waals surface area contributed by atoms with Crippen molar-refractivity contribution in [3.8, 4) is 0 Å². The third-order valence-corrected chi connectivity index (χ3v) is 4.58. The molecule has 1 saturated heterocycles. The average Bonchev–Trinajstić information content (AvgIpc) is 2.16. The van der Waals surface area contributed by atoms with Gasteiger partial charge in [-0.25, -0.2) is 0 Å². The van der Waals surface area contributed by atoms with Crippen molar-refractivity contribution >= 4 is 29.2 Å². The van der Waals surface area contributed by atoms with Crippen molar-refractivity contribution in [2.75, 3.05) is 28.2 Å². The van der Waals surface area contributed by atoms with Gasteiger partial charge >= 0.3 is 0 Å². The van der Waals surface area contributed by atoms with E-state index >= 15 is 0 Å². The van der Waals surface area contributed by atoms with E-state index in [-0.39, 0.29) is 0 Å². The smallest absolute Gasteiger partial charge is 0.0648 e. The molecule has 1 heterocycles. The van der Waals surface area contributed by atoms with Crippen LogP contribution < -0.4 is 4.90 Å². The Hall–Kier alpha value is -0.280. The molecule has 0 aliphatic carbocycles. The molecule has 15 heavy (non-hydrogen) atoms. The molecule has 2 rings (SSSR count). The Balaban J connectivity index is 2.06. The number of anilines is 1. The molecule has 1 nitrogen and oxygen atoms in total. The highest BCUT2D eigenvalue weighted by Gasteiger charge is 2.08. The first kappa shape index (κ1) is 11.2. The monoisotopic (exact) mass is 239 g/mol. The lowest BCUT2D eigenvalue weighted by molar-refractivity contribution is 1.03. The molecule has 1 aliphatic rings. The molecule has 82 valence electrons. The van der Waals surface area contributed by atoms with Crippen LogP contribution in [0.2, 0.25) is 0 Å². The maximum atomic E-state index is 2.47. The molecule has 0 bridgehead atoms. The first-order valence-corrected chi connectivity index (χ1v) is 7.64. The zero-order chi connectivity index (χ0) is 10.5. The van der Waals surface area contributed by atoms with E-state index in [4.69, 9.17) is 0 Å². The lowest BCUT2D eigenvalue weighted by Crippen LogP contribution is -2.23. The normalized spacial score (nSPS) is 18.3. The van der Waals surface area contributed by atoms with E-state index in [1.807, 2.05) is 0 Å². The van der Waals surface area contributed by atoms with Crippen LogP contribution in [-0.4, -0.2) is 23.3 Å². The first-order chi connectivity index (χ1) is 7.36. The van der Waals surface area contributed by atoms with Gasteiger partial charge in [0.05, 0.1) is 11.8 Å². The number of hydrogen-bond donors (Lipinski definition) is 0. The van der Waals surface area contributed by atoms with Crippen molar-refractivity contribution in [2.24, 2.45) is 0 Å². The SMILES string of the molecule is Cc1cccc(N2CSCCCSC2)c1. The Morgan fingerprint density at radius 1 is 1.13 bits per heavy atom. The highest BCUT2D eigenvalue weighted by molar-refractivity contribution is 8.00. The van der Waals surface area contributed by atoms with Crippen LogP contribution in [-0.2, 0) is 0 Å². The highest BCUT2D eigenvalue weighted by atomic mass is 32.2. The van der Waals surface area contributed by atoms with Crippen LogP contribution in [0.15, 0.2) is 24.3 Å². The highest BCUT2D eigenvalue weighted by Crippen LogP contribution is 2.24. The van der Waals surface area contributed by atoms with E-state index < -0.39 is 0 Å². The zero-order valence-electron chi connectivity index (χ0n) is 9.11. The van der Waals surface area contributed by atoms with Gasteiger partial charge in [0, 0.05) is 5.69 Å². The summed E-state index contributed by atoms with van der Waals surface area (Å²) in [4.78, 5) is 2.47. The quantitative estimate of drug-likeness (QED) is 0.737. The molecule has 0 radical (unpaired) electrons. The minimum absolute atomic E-state index is 1.14. The molecule has 3 heteroatoms. The van der Waals surface area contributed by atoms with Crippen molar-refractivity contribution in [1.29, 1.82) is 0 Å². The van der Waals surface area contributed by atoms with Crippen LogP contribution in [0.1, 0.15) is 12.0 Å². The zero-order valence-corrected chi connectivity index (χ0v) is 10.7. The third-order valence-electron chi connectivity index (χ3n) is 2.44. The minimum atomic E-state index is 1.14. The topological polar surface area (TPSA) is 3.24 Å². The minimum Gasteiger partial charge on any atom is -0.353 e. The van der Waals surface area contributed by atoms with E-state index in [1.165, 1.54) is 29.2 Å². The largest absolute Gasteiger partial charge is 0.353 e. The van der Waals surface area contributed by atoms with Crippen LogP contribution in [0, 0.1) is 6.92 Å². The van der Waals surface area contributed by atoms with Gasteiger partial charge < -0.3 is 4.90 Å². The average molecular weight is 239 g/mol. The summed E-state index contributed by atoms with van der Waals surface area (Å²) in [6, 6.07) is 8.81. The Bertz CT molecular complexity index is 306. The van der Waals surface area contributed by atoms with E-state index in [0.717, 1.165) is 11.8 Å². The molecule has 0 atom stereocenters. The van der Waals surface area contributed by atoms with Gasteiger partial charge in [-0.2, -0.15) is 0 Å². The number of thioether (sulfide) groups is 2. The molecular weight excluding hydrogens is 222 g/mol. The summed E-state index contributed by atoms with van der Waals surface area (Å²) in [6.07, 6.45) is 1.36. The van der Waals surface area contributed by atoms with Crippen molar-refractivity contribution in [1.82, 2.24) is 0 Å². The van der Waals surface area contributed by atoms with Gasteiger partial charge in [0.1, 0.15) is 0 Å². The first-order valence-electron chi connectivity index (χ1n) is 5.33. The Morgan fingerprint density at radius 2 is 1.87 bits per heavy atom. The predicted molar refractivity (Wildman–Crippen MR) is 72.9 cm³/mol. The van der Waals surface area contributed by atoms with Gasteiger partial charge in [-0.05, 0) is 42.5 Å². The van der Waals surface area contributed by atoms with Crippen LogP contribution in [0.5, 0.6) is 0 Å². The van der Waals surface area contributed by atoms with Crippen LogP contribution in [0.25, 0.3) is 0 Å². The van der Waals surface area contributed by atoms with Crippen molar-refractivity contribution in [2.45, 2.75) is 13.3 Å². The second kappa shape index (κ2) is 5.71. The fourth-order valence-electron chi connectivity index (χ4n) is 1.62. The number of rotatable bonds is 1. The lowest BCUT2D eigenvalue weighted by atomic mass is 10.2. The second-order valence-electron chi connectivity index (χ2n) is 3.81. The number of hydrogen-bond acceptors (Lipinski definition) is 3. The van der Waals surface area contributed by atoms with E-state index in [0.29, 0.717) is 0 Å². The second-order valence-corrected chi connectivity index (χ2v) is 5.96. The molecule has 0 spiro atoms. The van der Waals surface area contributed by atoms with Gasteiger partial charge in [-0.1, -0.05) is 12.1 Å². The van der Waals surface area contributed by atoms with Crippen LogP contribution >= 0.6 is 23.5 Å². The van der Waals surface area contributed by atoms with Crippen molar-refractivity contribution in [3.63, 3.8) is 0 Å². The van der Waals surface area contributed by atoms with Gasteiger partial charge in [0.2, 0.25) is 0 Å². The molecule has 0 saturated carbocycles. The van der Waals surface area contributed by atoms with Crippen LogP contribution in [0.3, 0.4) is 0 Å². The summed E-state index contributed by atoms with van der Waals surface area (Å²) in [6.45, 7) is 2.16. The number of nitrogens with zero attached hydrogens (tertiary/aromatic N) is 1. The fraction of sp³-hybridized carbons (Fsp3) is 0.500. The van der Waals surface area contributed by atoms with Crippen LogP contribution in [0.4, 0.5) is 5.69 Å². The maximum absolute atomic E-state index is 2.47. The van der Waals surface area contributed by atoms with Crippen molar-refractivity contribution in [3.05, 3.63) is 29.8 Å². The summed E-state index contributed by atoms with van der Waals surface area (Å²) in [5, 5.41) is 0. The molecule has 1 aliphatic heterocycles. The van der Waals surface area contributed by atoms with Crippen molar-refractivity contribution < 1.29 is 0 Å². The maximum Gasteiger partial charge on any atom is 0.0648 e. The Labute approximate surface area is 101 Å². The fourth-order valence-corrected chi connectivity index (χ4v) is 3.80. The molecule has 0 aromatic heterocycles. The van der Waals surface area contributed by atoms with E-state index in [2.05, 4.69) is 59.6 Å². The Morgan fingerprint density at radius 3 is 2.53 bits per heavy atom. The summed E-state index contributed by atoms with van der Waals surface area (Å²) in [5.74, 6) is 4.87. The molecular formula is C12H17NS2. The standard InChI is InChI=1S/C12H17NS2/c1-11-4-2-5-12(8-11)13-9-14-6-3-7-15-10-13/h2,4-5,8H,3,6-7,9-10H2,1H3. The summed E-state index contributed by atoms with van der Waals surface area (Å²) in [7, 11) is 0. The lowest BCUT2D eigenvalue weighted by Gasteiger charge is -2.26. The summed E-state index contributed by atoms with van der Waals surface area (Å²) >= 11 is 4.10. The number of benzene rings is 1. The third kappa shape index (κ3) is 3.35. The molecule has 1 aromatic carbocycles. The number of aryl methyl sites for hydroxylation is 1. The van der Waals surface area contributed by atoms with Gasteiger partial charge in [0.25, 0.3) is 0 Å². The van der Waals surface area contributed by atoms with Gasteiger partial charge in [-0.3, -0.25) is 0 Å². The van der Waals surface area contributed by atoms with E-state index in [9.17, 15) is 0 Å². The molecule has 0 N–H and O–H groups in total. The predicted octanol–water partition coefficient (Wildman–Crippen LogP) is 3.59. The molecule has 1 fully saturated rings.